The Morgan fingerprint density at radius 1 is 1.20 bits per heavy atom. The molecule has 0 saturated carbocycles. The summed E-state index contributed by atoms with van der Waals surface area (Å²) in [5, 5.41) is 4.93. The SMILES string of the molecule is CC(=O)N1CCC(Oc2ccc3ncnc(Nc4nc5cnccc5s4)c3c2)CC1. The molecule has 0 unspecified atom stereocenters. The number of thiazole rings is 1. The Balaban J connectivity index is 1.38. The molecule has 0 aliphatic carbocycles. The van der Waals surface area contributed by atoms with Crippen molar-refractivity contribution >= 4 is 49.3 Å². The normalized spacial score (nSPS) is 14.9. The third-order valence-corrected chi connectivity index (χ3v) is 6.16. The van der Waals surface area contributed by atoms with Gasteiger partial charge in [-0.05, 0) is 24.3 Å². The van der Waals surface area contributed by atoms with Crippen LogP contribution in [-0.4, -0.2) is 49.9 Å². The smallest absolute Gasteiger partial charge is 0.219 e. The second-order valence-electron chi connectivity index (χ2n) is 7.21. The average Bonchev–Trinajstić information content (AvgIpc) is 3.17. The molecule has 1 amide bonds. The summed E-state index contributed by atoms with van der Waals surface area (Å²) in [4.78, 5) is 30.9. The number of likely N-dealkylation sites (tertiary alicyclic amines) is 1. The van der Waals surface area contributed by atoms with Crippen LogP contribution in [0.4, 0.5) is 10.9 Å². The van der Waals surface area contributed by atoms with Crippen molar-refractivity contribution in [1.29, 1.82) is 0 Å². The van der Waals surface area contributed by atoms with Gasteiger partial charge in [-0.1, -0.05) is 11.3 Å². The van der Waals surface area contributed by atoms with Crippen LogP contribution in [0, 0.1) is 0 Å². The fourth-order valence-electron chi connectivity index (χ4n) is 3.62. The van der Waals surface area contributed by atoms with Crippen molar-refractivity contribution in [2.45, 2.75) is 25.9 Å². The van der Waals surface area contributed by atoms with E-state index in [1.54, 1.807) is 30.7 Å². The van der Waals surface area contributed by atoms with Gasteiger partial charge in [0.05, 0.1) is 16.4 Å². The number of nitrogens with zero attached hydrogens (tertiary/aromatic N) is 5. The van der Waals surface area contributed by atoms with Crippen molar-refractivity contribution in [1.82, 2.24) is 24.8 Å². The molecule has 9 heteroatoms. The predicted molar refractivity (Wildman–Crippen MR) is 116 cm³/mol. The van der Waals surface area contributed by atoms with Crippen LogP contribution in [0.3, 0.4) is 0 Å². The maximum atomic E-state index is 11.5. The summed E-state index contributed by atoms with van der Waals surface area (Å²) >= 11 is 1.55. The number of benzene rings is 1. The van der Waals surface area contributed by atoms with Gasteiger partial charge in [-0.15, -0.1) is 0 Å². The number of anilines is 2. The predicted octanol–water partition coefficient (Wildman–Crippen LogP) is 3.77. The Labute approximate surface area is 177 Å². The third-order valence-electron chi connectivity index (χ3n) is 5.21. The second kappa shape index (κ2) is 7.83. The quantitative estimate of drug-likeness (QED) is 0.537. The molecule has 3 aromatic heterocycles. The highest BCUT2D eigenvalue weighted by atomic mass is 32.1. The molecule has 4 heterocycles. The first kappa shape index (κ1) is 18.7. The number of pyridine rings is 1. The number of fused-ring (bicyclic) bond motifs is 2. The molecule has 30 heavy (non-hydrogen) atoms. The summed E-state index contributed by atoms with van der Waals surface area (Å²) in [7, 11) is 0. The molecule has 1 N–H and O–H groups in total. The van der Waals surface area contributed by atoms with Crippen LogP contribution in [0.1, 0.15) is 19.8 Å². The monoisotopic (exact) mass is 420 g/mol. The Morgan fingerprint density at radius 2 is 2.07 bits per heavy atom. The van der Waals surface area contributed by atoms with Crippen molar-refractivity contribution in [3.05, 3.63) is 43.0 Å². The van der Waals surface area contributed by atoms with Crippen LogP contribution < -0.4 is 10.1 Å². The van der Waals surface area contributed by atoms with Gasteiger partial charge in [-0.3, -0.25) is 9.78 Å². The standard InChI is InChI=1S/C21H20N6O2S/c1-13(28)27-8-5-14(6-9-27)29-15-2-3-17-16(10-15)20(24-12-23-17)26-21-25-18-11-22-7-4-19(18)30-21/h2-4,7,10-12,14H,5-6,8-9H2,1H3,(H,23,24,25,26). The first-order chi connectivity index (χ1) is 14.7. The first-order valence-corrected chi connectivity index (χ1v) is 10.6. The van der Waals surface area contributed by atoms with Crippen molar-refractivity contribution in [2.75, 3.05) is 18.4 Å². The van der Waals surface area contributed by atoms with E-state index in [-0.39, 0.29) is 12.0 Å². The largest absolute Gasteiger partial charge is 0.490 e. The van der Waals surface area contributed by atoms with Gasteiger partial charge in [0.25, 0.3) is 0 Å². The fraction of sp³-hybridized carbons (Fsp3) is 0.286. The minimum absolute atomic E-state index is 0.0934. The molecular formula is C21H20N6O2S. The van der Waals surface area contributed by atoms with Crippen LogP contribution in [0.25, 0.3) is 21.1 Å². The van der Waals surface area contributed by atoms with Gasteiger partial charge in [-0.25, -0.2) is 15.0 Å². The van der Waals surface area contributed by atoms with E-state index < -0.39 is 0 Å². The summed E-state index contributed by atoms with van der Waals surface area (Å²) in [5.41, 5.74) is 1.68. The number of carbonyl (C=O) groups is 1. The van der Waals surface area contributed by atoms with E-state index in [0.29, 0.717) is 5.82 Å². The molecule has 5 rings (SSSR count). The molecule has 8 nitrogen and oxygen atoms in total. The van der Waals surface area contributed by atoms with E-state index in [4.69, 9.17) is 4.74 Å². The third kappa shape index (κ3) is 3.76. The molecule has 0 radical (unpaired) electrons. The molecule has 1 aliphatic rings. The van der Waals surface area contributed by atoms with Crippen LogP contribution in [0.2, 0.25) is 0 Å². The van der Waals surface area contributed by atoms with E-state index in [2.05, 4.69) is 25.3 Å². The molecule has 1 aliphatic heterocycles. The molecule has 1 saturated heterocycles. The van der Waals surface area contributed by atoms with Crippen molar-refractivity contribution in [3.8, 4) is 5.75 Å². The lowest BCUT2D eigenvalue weighted by molar-refractivity contribution is -0.130. The molecular weight excluding hydrogens is 400 g/mol. The minimum atomic E-state index is 0.0934. The molecule has 4 aromatic rings. The van der Waals surface area contributed by atoms with Crippen molar-refractivity contribution < 1.29 is 9.53 Å². The Kier molecular flexibility index (Phi) is 4.88. The fourth-order valence-corrected chi connectivity index (χ4v) is 4.46. The van der Waals surface area contributed by atoms with Gasteiger partial charge in [0.1, 0.15) is 29.5 Å². The highest BCUT2D eigenvalue weighted by Gasteiger charge is 2.22. The maximum absolute atomic E-state index is 11.5. The Bertz CT molecular complexity index is 1190. The molecule has 0 spiro atoms. The molecule has 0 bridgehead atoms. The van der Waals surface area contributed by atoms with Crippen molar-refractivity contribution in [3.63, 3.8) is 0 Å². The summed E-state index contributed by atoms with van der Waals surface area (Å²) in [6, 6.07) is 7.77. The van der Waals surface area contributed by atoms with Crippen LogP contribution >= 0.6 is 11.3 Å². The van der Waals surface area contributed by atoms with Crippen LogP contribution in [0.5, 0.6) is 5.75 Å². The van der Waals surface area contributed by atoms with Crippen molar-refractivity contribution in [2.24, 2.45) is 0 Å². The van der Waals surface area contributed by atoms with Crippen LogP contribution in [0.15, 0.2) is 43.0 Å². The number of hydrogen-bond donors (Lipinski definition) is 1. The number of aromatic nitrogens is 4. The van der Waals surface area contributed by atoms with Gasteiger partial charge in [-0.2, -0.15) is 0 Å². The average molecular weight is 420 g/mol. The first-order valence-electron chi connectivity index (χ1n) is 9.80. The number of carbonyl (C=O) groups excluding carboxylic acids is 1. The van der Waals surface area contributed by atoms with Gasteiger partial charge >= 0.3 is 0 Å². The van der Waals surface area contributed by atoms with Gasteiger partial charge in [0.2, 0.25) is 5.91 Å². The van der Waals surface area contributed by atoms with E-state index >= 15 is 0 Å². The van der Waals surface area contributed by atoms with Gasteiger partial charge in [0, 0.05) is 44.4 Å². The summed E-state index contributed by atoms with van der Waals surface area (Å²) in [5.74, 6) is 1.58. The number of hydrogen-bond acceptors (Lipinski definition) is 8. The minimum Gasteiger partial charge on any atom is -0.490 e. The number of nitrogens with one attached hydrogen (secondary N) is 1. The Hall–Kier alpha value is -3.33. The zero-order valence-electron chi connectivity index (χ0n) is 16.4. The zero-order chi connectivity index (χ0) is 20.5. The van der Waals surface area contributed by atoms with Gasteiger partial charge < -0.3 is 15.0 Å². The summed E-state index contributed by atoms with van der Waals surface area (Å²) in [6.45, 7) is 3.08. The number of rotatable bonds is 4. The Morgan fingerprint density at radius 3 is 2.87 bits per heavy atom. The summed E-state index contributed by atoms with van der Waals surface area (Å²) in [6.07, 6.45) is 6.79. The van der Waals surface area contributed by atoms with E-state index in [1.165, 1.54) is 6.33 Å². The molecule has 1 aromatic carbocycles. The number of piperidine rings is 1. The topological polar surface area (TPSA) is 93.1 Å². The molecule has 1 fully saturated rings. The van der Waals surface area contributed by atoms with Crippen LogP contribution in [-0.2, 0) is 4.79 Å². The lowest BCUT2D eigenvalue weighted by Gasteiger charge is -2.31. The summed E-state index contributed by atoms with van der Waals surface area (Å²) < 4.78 is 7.26. The molecule has 152 valence electrons. The van der Waals surface area contributed by atoms with E-state index in [9.17, 15) is 4.79 Å². The highest BCUT2D eigenvalue weighted by Crippen LogP contribution is 2.31. The maximum Gasteiger partial charge on any atom is 0.219 e. The highest BCUT2D eigenvalue weighted by molar-refractivity contribution is 7.22. The molecule has 0 atom stereocenters. The lowest BCUT2D eigenvalue weighted by atomic mass is 10.1. The van der Waals surface area contributed by atoms with E-state index in [0.717, 1.165) is 57.9 Å². The zero-order valence-corrected chi connectivity index (χ0v) is 17.2. The van der Waals surface area contributed by atoms with E-state index in [1.807, 2.05) is 29.2 Å². The lowest BCUT2D eigenvalue weighted by Crippen LogP contribution is -2.40. The number of ether oxygens (including phenoxy) is 1. The number of amides is 1. The second-order valence-corrected chi connectivity index (χ2v) is 8.24. The van der Waals surface area contributed by atoms with Gasteiger partial charge in [0.15, 0.2) is 5.13 Å².